The number of benzene rings is 2. The van der Waals surface area contributed by atoms with Crippen LogP contribution in [0.1, 0.15) is 18.4 Å². The van der Waals surface area contributed by atoms with Crippen LogP contribution in [0.3, 0.4) is 0 Å². The number of carbonyl (C=O) groups excluding carboxylic acids is 1. The molecule has 1 amide bonds. The number of amides is 1. The van der Waals surface area contributed by atoms with Crippen LogP contribution in [0.4, 0.5) is 5.13 Å². The van der Waals surface area contributed by atoms with Crippen LogP contribution < -0.4 is 5.32 Å². The van der Waals surface area contributed by atoms with E-state index in [1.54, 1.807) is 23.5 Å². The van der Waals surface area contributed by atoms with Crippen molar-refractivity contribution in [2.24, 2.45) is 0 Å². The quantitative estimate of drug-likeness (QED) is 0.211. The number of nitrogens with zero attached hydrogens (tertiary/aromatic N) is 3. The average Bonchev–Trinajstić information content (AvgIpc) is 3.36. The van der Waals surface area contributed by atoms with Crippen molar-refractivity contribution in [3.63, 3.8) is 0 Å². The smallest absolute Gasteiger partial charge is 0.226 e. The van der Waals surface area contributed by atoms with Gasteiger partial charge in [-0.2, -0.15) is 0 Å². The molecule has 4 rings (SSSR count). The summed E-state index contributed by atoms with van der Waals surface area (Å²) >= 11 is 4.66. The number of hydrogen-bond acceptors (Lipinski definition) is 7. The summed E-state index contributed by atoms with van der Waals surface area (Å²) in [4.78, 5) is 20.0. The van der Waals surface area contributed by atoms with Crippen molar-refractivity contribution >= 4 is 56.9 Å². The molecule has 0 spiro atoms. The van der Waals surface area contributed by atoms with E-state index in [1.165, 1.54) is 16.9 Å². The zero-order valence-electron chi connectivity index (χ0n) is 15.5. The number of nitrogens with one attached hydrogen (secondary N) is 2. The maximum absolute atomic E-state index is 12.1. The first-order chi connectivity index (χ1) is 14.3. The number of rotatable bonds is 9. The SMILES string of the molecule is O=C(CCCSc1nc2ccccc2[nH]1)Nc1nnc(SCc2ccccc2)s1. The molecule has 0 atom stereocenters. The first-order valence-corrected chi connectivity index (χ1v) is 11.9. The van der Waals surface area contributed by atoms with Gasteiger partial charge in [-0.05, 0) is 24.1 Å². The van der Waals surface area contributed by atoms with Gasteiger partial charge in [0, 0.05) is 17.9 Å². The number of para-hydroxylation sites is 2. The highest BCUT2D eigenvalue weighted by molar-refractivity contribution is 8.00. The molecule has 2 aromatic heterocycles. The van der Waals surface area contributed by atoms with Gasteiger partial charge < -0.3 is 10.3 Å². The molecule has 2 heterocycles. The van der Waals surface area contributed by atoms with Crippen molar-refractivity contribution in [2.45, 2.75) is 28.1 Å². The largest absolute Gasteiger partial charge is 0.333 e. The Balaban J connectivity index is 1.17. The Bertz CT molecular complexity index is 1050. The first-order valence-electron chi connectivity index (χ1n) is 9.14. The van der Waals surface area contributed by atoms with Gasteiger partial charge in [-0.25, -0.2) is 4.98 Å². The van der Waals surface area contributed by atoms with Gasteiger partial charge in [0.25, 0.3) is 0 Å². The van der Waals surface area contributed by atoms with Crippen LogP contribution in [-0.4, -0.2) is 31.8 Å². The molecule has 9 heteroatoms. The first kappa shape index (κ1) is 19.9. The lowest BCUT2D eigenvalue weighted by Gasteiger charge is -2.00. The molecule has 0 fully saturated rings. The van der Waals surface area contributed by atoms with Crippen molar-refractivity contribution in [1.82, 2.24) is 20.2 Å². The van der Waals surface area contributed by atoms with E-state index >= 15 is 0 Å². The molecule has 0 unspecified atom stereocenters. The van der Waals surface area contributed by atoms with Gasteiger partial charge in [0.05, 0.1) is 11.0 Å². The molecule has 6 nitrogen and oxygen atoms in total. The third kappa shape index (κ3) is 5.81. The molecule has 0 aliphatic carbocycles. The third-order valence-electron chi connectivity index (χ3n) is 4.01. The van der Waals surface area contributed by atoms with E-state index in [2.05, 4.69) is 37.6 Å². The number of aromatic nitrogens is 4. The lowest BCUT2D eigenvalue weighted by atomic mass is 10.2. The van der Waals surface area contributed by atoms with Crippen LogP contribution in [0, 0.1) is 0 Å². The van der Waals surface area contributed by atoms with Gasteiger partial charge in [0.1, 0.15) is 0 Å². The summed E-state index contributed by atoms with van der Waals surface area (Å²) in [5, 5.41) is 12.5. The summed E-state index contributed by atoms with van der Waals surface area (Å²) in [7, 11) is 0. The Labute approximate surface area is 180 Å². The maximum atomic E-state index is 12.1. The molecule has 0 radical (unpaired) electrons. The second kappa shape index (κ2) is 9.91. The number of carbonyl (C=O) groups is 1. The van der Waals surface area contributed by atoms with Crippen molar-refractivity contribution in [2.75, 3.05) is 11.1 Å². The Morgan fingerprint density at radius 1 is 1.03 bits per heavy atom. The molecule has 0 aliphatic heterocycles. The van der Waals surface area contributed by atoms with Crippen LogP contribution in [0.15, 0.2) is 64.1 Å². The Morgan fingerprint density at radius 3 is 2.72 bits per heavy atom. The molecule has 2 N–H and O–H groups in total. The minimum Gasteiger partial charge on any atom is -0.333 e. The molecular formula is C20H19N5OS3. The summed E-state index contributed by atoms with van der Waals surface area (Å²) in [6.45, 7) is 0. The molecule has 0 bridgehead atoms. The second-order valence-electron chi connectivity index (χ2n) is 6.21. The highest BCUT2D eigenvalue weighted by Crippen LogP contribution is 2.28. The number of imidazole rings is 1. The summed E-state index contributed by atoms with van der Waals surface area (Å²) in [6, 6.07) is 18.2. The standard InChI is InChI=1S/C20H19N5OS3/c26-17(11-6-12-27-18-21-15-9-4-5-10-16(15)22-18)23-19-24-25-20(29-19)28-13-14-7-2-1-3-8-14/h1-5,7-10H,6,11-13H2,(H,21,22)(H,23,24,26). The molecule has 4 aromatic rings. The monoisotopic (exact) mass is 441 g/mol. The van der Waals surface area contributed by atoms with Crippen molar-refractivity contribution < 1.29 is 4.79 Å². The average molecular weight is 442 g/mol. The van der Waals surface area contributed by atoms with Crippen LogP contribution in [0.25, 0.3) is 11.0 Å². The van der Waals surface area contributed by atoms with Crippen LogP contribution in [0.2, 0.25) is 0 Å². The normalized spacial score (nSPS) is 11.0. The highest BCUT2D eigenvalue weighted by Gasteiger charge is 2.09. The summed E-state index contributed by atoms with van der Waals surface area (Å²) in [6.07, 6.45) is 1.21. The summed E-state index contributed by atoms with van der Waals surface area (Å²) < 4.78 is 0.851. The fraction of sp³-hybridized carbons (Fsp3) is 0.200. The van der Waals surface area contributed by atoms with E-state index in [0.717, 1.165) is 38.5 Å². The van der Waals surface area contributed by atoms with Gasteiger partial charge in [-0.1, -0.05) is 77.3 Å². The topological polar surface area (TPSA) is 83.6 Å². The number of H-pyrrole nitrogens is 1. The lowest BCUT2D eigenvalue weighted by molar-refractivity contribution is -0.116. The molecule has 148 valence electrons. The number of thioether (sulfide) groups is 2. The van der Waals surface area contributed by atoms with E-state index in [4.69, 9.17) is 0 Å². The van der Waals surface area contributed by atoms with E-state index < -0.39 is 0 Å². The molecular weight excluding hydrogens is 422 g/mol. The van der Waals surface area contributed by atoms with E-state index in [1.807, 2.05) is 42.5 Å². The predicted octanol–water partition coefficient (Wildman–Crippen LogP) is 5.22. The fourth-order valence-electron chi connectivity index (χ4n) is 2.62. The van der Waals surface area contributed by atoms with Crippen LogP contribution in [0.5, 0.6) is 0 Å². The highest BCUT2D eigenvalue weighted by atomic mass is 32.2. The third-order valence-corrected chi connectivity index (χ3v) is 7.02. The summed E-state index contributed by atoms with van der Waals surface area (Å²) in [5.41, 5.74) is 3.23. The maximum Gasteiger partial charge on any atom is 0.226 e. The van der Waals surface area contributed by atoms with Crippen molar-refractivity contribution in [3.8, 4) is 0 Å². The molecule has 0 saturated heterocycles. The number of aromatic amines is 1. The number of hydrogen-bond donors (Lipinski definition) is 2. The van der Waals surface area contributed by atoms with Gasteiger partial charge in [-0.3, -0.25) is 4.79 Å². The van der Waals surface area contributed by atoms with Gasteiger partial charge in [-0.15, -0.1) is 10.2 Å². The van der Waals surface area contributed by atoms with E-state index in [0.29, 0.717) is 11.6 Å². The van der Waals surface area contributed by atoms with Crippen molar-refractivity contribution in [3.05, 3.63) is 60.2 Å². The Kier molecular flexibility index (Phi) is 6.81. The Morgan fingerprint density at radius 2 is 1.86 bits per heavy atom. The van der Waals surface area contributed by atoms with Gasteiger partial charge in [0.15, 0.2) is 9.50 Å². The molecule has 0 aliphatic rings. The number of fused-ring (bicyclic) bond motifs is 1. The van der Waals surface area contributed by atoms with Crippen molar-refractivity contribution in [1.29, 1.82) is 0 Å². The summed E-state index contributed by atoms with van der Waals surface area (Å²) in [5.74, 6) is 1.62. The van der Waals surface area contributed by atoms with Crippen LogP contribution in [-0.2, 0) is 10.5 Å². The van der Waals surface area contributed by atoms with E-state index in [9.17, 15) is 4.79 Å². The van der Waals surface area contributed by atoms with E-state index in [-0.39, 0.29) is 5.91 Å². The fourth-order valence-corrected chi connectivity index (χ4v) is 5.17. The zero-order chi connectivity index (χ0) is 19.9. The minimum atomic E-state index is -0.0361. The lowest BCUT2D eigenvalue weighted by Crippen LogP contribution is -2.11. The Hall–Kier alpha value is -2.36. The second-order valence-corrected chi connectivity index (χ2v) is 9.49. The molecule has 0 saturated carbocycles. The van der Waals surface area contributed by atoms with Gasteiger partial charge in [0.2, 0.25) is 11.0 Å². The number of anilines is 1. The van der Waals surface area contributed by atoms with Crippen LogP contribution >= 0.6 is 34.9 Å². The zero-order valence-corrected chi connectivity index (χ0v) is 17.9. The minimum absolute atomic E-state index is 0.0361. The molecule has 29 heavy (non-hydrogen) atoms. The molecule has 2 aromatic carbocycles. The predicted molar refractivity (Wildman–Crippen MR) is 121 cm³/mol. The van der Waals surface area contributed by atoms with Gasteiger partial charge >= 0.3 is 0 Å².